The molecule has 70 valence electrons. The minimum absolute atomic E-state index is 0.351. The highest BCUT2D eigenvalue weighted by atomic mass is 16.5. The third kappa shape index (κ3) is 3.42. The Balaban J connectivity index is 2.31. The van der Waals surface area contributed by atoms with Crippen molar-refractivity contribution >= 4 is 11.8 Å². The number of hydrogen-bond acceptors (Lipinski definition) is 4. The largest absolute Gasteiger partial charge is 0.449 e. The lowest BCUT2D eigenvalue weighted by molar-refractivity contribution is 0.154. The molecule has 1 aromatic rings. The summed E-state index contributed by atoms with van der Waals surface area (Å²) in [5, 5.41) is 0. The van der Waals surface area contributed by atoms with Gasteiger partial charge in [0.25, 0.3) is 0 Å². The van der Waals surface area contributed by atoms with Gasteiger partial charge in [-0.15, -0.1) is 0 Å². The summed E-state index contributed by atoms with van der Waals surface area (Å²) in [5.74, 6) is 0. The van der Waals surface area contributed by atoms with Gasteiger partial charge in [-0.25, -0.2) is 10.2 Å². The number of ether oxygens (including phenoxy) is 1. The molecular formula is C8H11N3O2. The van der Waals surface area contributed by atoms with Crippen LogP contribution in [0.3, 0.4) is 0 Å². The highest BCUT2D eigenvalue weighted by Crippen LogP contribution is 2.00. The second kappa shape index (κ2) is 4.97. The second-order valence-electron chi connectivity index (χ2n) is 2.21. The molecule has 0 bridgehead atoms. The number of aromatic nitrogens is 1. The number of anilines is 1. The molecule has 0 aromatic carbocycles. The predicted molar refractivity (Wildman–Crippen MR) is 48.0 cm³/mol. The molecule has 1 aromatic heterocycles. The molecule has 1 amide bonds. The molecule has 0 atom stereocenters. The zero-order valence-corrected chi connectivity index (χ0v) is 7.28. The quantitative estimate of drug-likeness (QED) is 0.687. The molecule has 0 aliphatic carbocycles. The molecule has 2 N–H and O–H groups in total. The van der Waals surface area contributed by atoms with Crippen molar-refractivity contribution in [2.75, 3.05) is 12.0 Å². The Morgan fingerprint density at radius 3 is 2.85 bits per heavy atom. The van der Waals surface area contributed by atoms with Gasteiger partial charge in [0.2, 0.25) is 0 Å². The van der Waals surface area contributed by atoms with Crippen LogP contribution in [0.25, 0.3) is 0 Å². The molecule has 0 saturated heterocycles. The predicted octanol–water partition coefficient (Wildman–Crippen LogP) is 1.15. The van der Waals surface area contributed by atoms with Crippen molar-refractivity contribution in [3.63, 3.8) is 0 Å². The van der Waals surface area contributed by atoms with E-state index >= 15 is 0 Å². The summed E-state index contributed by atoms with van der Waals surface area (Å²) >= 11 is 0. The number of carbonyl (C=O) groups excluding carboxylic acids is 1. The number of hydrazine groups is 1. The van der Waals surface area contributed by atoms with Crippen molar-refractivity contribution in [2.45, 2.75) is 6.92 Å². The van der Waals surface area contributed by atoms with Gasteiger partial charge in [-0.1, -0.05) is 0 Å². The number of nitrogens with one attached hydrogen (secondary N) is 2. The first-order valence-electron chi connectivity index (χ1n) is 3.91. The second-order valence-corrected chi connectivity index (χ2v) is 2.21. The molecule has 0 aliphatic rings. The zero-order valence-electron chi connectivity index (χ0n) is 7.28. The molecule has 0 unspecified atom stereocenters. The lowest BCUT2D eigenvalue weighted by atomic mass is 10.4. The minimum Gasteiger partial charge on any atom is -0.449 e. The molecule has 5 heteroatoms. The standard InChI is InChI=1S/C8H11N3O2/c1-2-13-8(12)11-10-7-3-5-9-6-4-7/h3-6H,2H2,1H3,(H,9,10)(H,11,12). The lowest BCUT2D eigenvalue weighted by Crippen LogP contribution is -2.29. The highest BCUT2D eigenvalue weighted by molar-refractivity contribution is 5.69. The van der Waals surface area contributed by atoms with Gasteiger partial charge in [0.1, 0.15) is 0 Å². The monoisotopic (exact) mass is 181 g/mol. The molecular weight excluding hydrogens is 170 g/mol. The topological polar surface area (TPSA) is 63.2 Å². The van der Waals surface area contributed by atoms with Crippen LogP contribution in [0, 0.1) is 0 Å². The van der Waals surface area contributed by atoms with Crippen molar-refractivity contribution in [3.05, 3.63) is 24.5 Å². The summed E-state index contributed by atoms with van der Waals surface area (Å²) in [6, 6.07) is 3.46. The molecule has 5 nitrogen and oxygen atoms in total. The molecule has 0 aliphatic heterocycles. The number of rotatable bonds is 3. The maximum absolute atomic E-state index is 10.8. The van der Waals surface area contributed by atoms with E-state index in [9.17, 15) is 4.79 Å². The highest BCUT2D eigenvalue weighted by Gasteiger charge is 1.97. The first kappa shape index (κ1) is 9.31. The van der Waals surface area contributed by atoms with E-state index in [4.69, 9.17) is 0 Å². The van der Waals surface area contributed by atoms with E-state index in [1.54, 1.807) is 31.5 Å². The van der Waals surface area contributed by atoms with E-state index in [-0.39, 0.29) is 0 Å². The smallest absolute Gasteiger partial charge is 0.425 e. The van der Waals surface area contributed by atoms with Crippen LogP contribution in [0.5, 0.6) is 0 Å². The van der Waals surface area contributed by atoms with Gasteiger partial charge in [0, 0.05) is 12.4 Å². The molecule has 1 rings (SSSR count). The molecule has 0 saturated carbocycles. The molecule has 0 spiro atoms. The SMILES string of the molecule is CCOC(=O)NNc1ccncc1. The maximum atomic E-state index is 10.8. The van der Waals surface area contributed by atoms with Crippen LogP contribution in [0.1, 0.15) is 6.92 Å². The zero-order chi connectivity index (χ0) is 9.52. The Bertz CT molecular complexity index is 263. The normalized spacial score (nSPS) is 9.00. The number of carbonyl (C=O) groups is 1. The van der Waals surface area contributed by atoms with E-state index in [0.717, 1.165) is 5.69 Å². The molecule has 0 fully saturated rings. The van der Waals surface area contributed by atoms with Crippen molar-refractivity contribution in [3.8, 4) is 0 Å². The maximum Gasteiger partial charge on any atom is 0.425 e. The van der Waals surface area contributed by atoms with Crippen molar-refractivity contribution in [2.24, 2.45) is 0 Å². The summed E-state index contributed by atoms with van der Waals surface area (Å²) < 4.78 is 4.64. The van der Waals surface area contributed by atoms with Gasteiger partial charge in [0.15, 0.2) is 0 Å². The summed E-state index contributed by atoms with van der Waals surface area (Å²) in [4.78, 5) is 14.6. The number of pyridine rings is 1. The summed E-state index contributed by atoms with van der Waals surface area (Å²) in [7, 11) is 0. The fourth-order valence-electron chi connectivity index (χ4n) is 0.726. The number of amides is 1. The van der Waals surface area contributed by atoms with Crippen molar-refractivity contribution in [1.82, 2.24) is 10.4 Å². The third-order valence-electron chi connectivity index (χ3n) is 1.26. The van der Waals surface area contributed by atoms with Gasteiger partial charge in [0.05, 0.1) is 12.3 Å². The average Bonchev–Trinajstić information content (AvgIpc) is 2.17. The Morgan fingerprint density at radius 2 is 2.23 bits per heavy atom. The van der Waals surface area contributed by atoms with Gasteiger partial charge >= 0.3 is 6.09 Å². The Hall–Kier alpha value is -1.78. The van der Waals surface area contributed by atoms with E-state index in [0.29, 0.717) is 6.61 Å². The Kier molecular flexibility index (Phi) is 3.56. The van der Waals surface area contributed by atoms with Crippen LogP contribution in [0.2, 0.25) is 0 Å². The van der Waals surface area contributed by atoms with Gasteiger partial charge in [-0.3, -0.25) is 10.4 Å². The Labute approximate surface area is 76.1 Å². The van der Waals surface area contributed by atoms with E-state index in [2.05, 4.69) is 20.6 Å². The first-order valence-corrected chi connectivity index (χ1v) is 3.91. The van der Waals surface area contributed by atoms with Crippen LogP contribution >= 0.6 is 0 Å². The molecule has 1 heterocycles. The summed E-state index contributed by atoms with van der Waals surface area (Å²) in [6.45, 7) is 2.09. The van der Waals surface area contributed by atoms with Crippen LogP contribution < -0.4 is 10.9 Å². The van der Waals surface area contributed by atoms with E-state index < -0.39 is 6.09 Å². The molecule has 0 radical (unpaired) electrons. The van der Waals surface area contributed by atoms with Crippen molar-refractivity contribution in [1.29, 1.82) is 0 Å². The van der Waals surface area contributed by atoms with Gasteiger partial charge < -0.3 is 4.74 Å². The molecule has 13 heavy (non-hydrogen) atoms. The van der Waals surface area contributed by atoms with Crippen molar-refractivity contribution < 1.29 is 9.53 Å². The van der Waals surface area contributed by atoms with Crippen LogP contribution in [-0.2, 0) is 4.74 Å². The van der Waals surface area contributed by atoms with E-state index in [1.807, 2.05) is 0 Å². The number of nitrogens with zero attached hydrogens (tertiary/aromatic N) is 1. The van der Waals surface area contributed by atoms with Gasteiger partial charge in [-0.05, 0) is 19.1 Å². The minimum atomic E-state index is -0.501. The fraction of sp³-hybridized carbons (Fsp3) is 0.250. The van der Waals surface area contributed by atoms with Crippen LogP contribution in [-0.4, -0.2) is 17.7 Å². The lowest BCUT2D eigenvalue weighted by Gasteiger charge is -2.06. The van der Waals surface area contributed by atoms with Crippen LogP contribution in [0.4, 0.5) is 10.5 Å². The van der Waals surface area contributed by atoms with E-state index in [1.165, 1.54) is 0 Å². The van der Waals surface area contributed by atoms with Crippen LogP contribution in [0.15, 0.2) is 24.5 Å². The first-order chi connectivity index (χ1) is 6.33. The average molecular weight is 181 g/mol. The number of hydrogen-bond donors (Lipinski definition) is 2. The van der Waals surface area contributed by atoms with Gasteiger partial charge in [-0.2, -0.15) is 0 Å². The summed E-state index contributed by atoms with van der Waals surface area (Å²) in [5.41, 5.74) is 5.78. The third-order valence-corrected chi connectivity index (χ3v) is 1.26. The summed E-state index contributed by atoms with van der Waals surface area (Å²) in [6.07, 6.45) is 2.74. The fourth-order valence-corrected chi connectivity index (χ4v) is 0.726. The Morgan fingerprint density at radius 1 is 1.54 bits per heavy atom.